The predicted octanol–water partition coefficient (Wildman–Crippen LogP) is 1.45. The summed E-state index contributed by atoms with van der Waals surface area (Å²) < 4.78 is 5.29. The molecule has 1 aromatic carbocycles. The Balaban J connectivity index is 2.31. The van der Waals surface area contributed by atoms with Crippen LogP contribution in [0.25, 0.3) is 0 Å². The highest BCUT2D eigenvalue weighted by molar-refractivity contribution is 6.31. The Labute approximate surface area is 98.4 Å². The van der Waals surface area contributed by atoms with Gasteiger partial charge in [0.25, 0.3) is 5.91 Å². The molecule has 1 heterocycles. The molecule has 0 bridgehead atoms. The minimum Gasteiger partial charge on any atom is -0.482 e. The first-order valence-corrected chi connectivity index (χ1v) is 5.44. The maximum absolute atomic E-state index is 11.7. The van der Waals surface area contributed by atoms with Crippen LogP contribution in [0.1, 0.15) is 6.42 Å². The molecule has 86 valence electrons. The lowest BCUT2D eigenvalue weighted by Gasteiger charge is -2.29. The van der Waals surface area contributed by atoms with Gasteiger partial charge in [-0.25, -0.2) is 0 Å². The van der Waals surface area contributed by atoms with Crippen molar-refractivity contribution in [2.24, 2.45) is 0 Å². The topological polar surface area (TPSA) is 49.8 Å². The zero-order chi connectivity index (χ0) is 11.5. The van der Waals surface area contributed by atoms with Gasteiger partial charge < -0.3 is 14.7 Å². The number of amides is 1. The van der Waals surface area contributed by atoms with E-state index in [0.717, 1.165) is 0 Å². The molecule has 0 spiro atoms. The molecule has 1 N–H and O–H groups in total. The van der Waals surface area contributed by atoms with Crippen molar-refractivity contribution < 1.29 is 14.6 Å². The fourth-order valence-corrected chi connectivity index (χ4v) is 1.82. The number of benzene rings is 1. The SMILES string of the molecule is O=C1COc2ccc(Cl)cc2N1CCCO. The first kappa shape index (κ1) is 11.2. The molecule has 4 nitrogen and oxygen atoms in total. The van der Waals surface area contributed by atoms with Crippen molar-refractivity contribution in [2.45, 2.75) is 6.42 Å². The largest absolute Gasteiger partial charge is 0.482 e. The highest BCUT2D eigenvalue weighted by Crippen LogP contribution is 2.34. The van der Waals surface area contributed by atoms with Crippen molar-refractivity contribution in [1.29, 1.82) is 0 Å². The van der Waals surface area contributed by atoms with Crippen LogP contribution in [-0.2, 0) is 4.79 Å². The Kier molecular flexibility index (Phi) is 3.31. The van der Waals surface area contributed by atoms with Gasteiger partial charge in [0.2, 0.25) is 0 Å². The average Bonchev–Trinajstić information content (AvgIpc) is 2.28. The van der Waals surface area contributed by atoms with E-state index in [1.165, 1.54) is 0 Å². The van der Waals surface area contributed by atoms with Crippen LogP contribution in [0.3, 0.4) is 0 Å². The summed E-state index contributed by atoms with van der Waals surface area (Å²) in [7, 11) is 0. The Hall–Kier alpha value is -1.26. The summed E-state index contributed by atoms with van der Waals surface area (Å²) in [5, 5.41) is 9.35. The molecule has 1 aliphatic rings. The van der Waals surface area contributed by atoms with Crippen LogP contribution in [0.4, 0.5) is 5.69 Å². The first-order chi connectivity index (χ1) is 7.72. The summed E-state index contributed by atoms with van der Waals surface area (Å²) in [4.78, 5) is 13.2. The van der Waals surface area contributed by atoms with Crippen LogP contribution in [0.2, 0.25) is 5.02 Å². The van der Waals surface area contributed by atoms with Crippen molar-refractivity contribution in [3.05, 3.63) is 23.2 Å². The number of hydrogen-bond acceptors (Lipinski definition) is 3. The number of halogens is 1. The number of fused-ring (bicyclic) bond motifs is 1. The summed E-state index contributed by atoms with van der Waals surface area (Å²) in [6.07, 6.45) is 0.539. The number of ether oxygens (including phenoxy) is 1. The first-order valence-electron chi connectivity index (χ1n) is 5.06. The minimum atomic E-state index is -0.108. The van der Waals surface area contributed by atoms with Gasteiger partial charge in [-0.3, -0.25) is 4.79 Å². The van der Waals surface area contributed by atoms with Crippen LogP contribution >= 0.6 is 11.6 Å². The van der Waals surface area contributed by atoms with Crippen LogP contribution in [-0.4, -0.2) is 30.8 Å². The molecule has 0 unspecified atom stereocenters. The summed E-state index contributed by atoms with van der Waals surface area (Å²) >= 11 is 5.88. The molecule has 0 saturated carbocycles. The van der Waals surface area contributed by atoms with E-state index in [0.29, 0.717) is 29.4 Å². The van der Waals surface area contributed by atoms with Gasteiger partial charge in [0.05, 0.1) is 5.69 Å². The Morgan fingerprint density at radius 2 is 2.31 bits per heavy atom. The lowest BCUT2D eigenvalue weighted by Crippen LogP contribution is -2.39. The van der Waals surface area contributed by atoms with Gasteiger partial charge in [-0.1, -0.05) is 11.6 Å². The number of carbonyl (C=O) groups excluding carboxylic acids is 1. The van der Waals surface area contributed by atoms with E-state index in [-0.39, 0.29) is 19.1 Å². The summed E-state index contributed by atoms with van der Waals surface area (Å²) in [6, 6.07) is 5.17. The maximum Gasteiger partial charge on any atom is 0.265 e. The van der Waals surface area contributed by atoms with E-state index in [9.17, 15) is 4.79 Å². The van der Waals surface area contributed by atoms with E-state index in [2.05, 4.69) is 0 Å². The van der Waals surface area contributed by atoms with E-state index < -0.39 is 0 Å². The van der Waals surface area contributed by atoms with Crippen LogP contribution < -0.4 is 9.64 Å². The number of carbonyl (C=O) groups is 1. The smallest absolute Gasteiger partial charge is 0.265 e. The number of anilines is 1. The predicted molar refractivity (Wildman–Crippen MR) is 61.0 cm³/mol. The Bertz CT molecular complexity index is 408. The minimum absolute atomic E-state index is 0.0417. The molecule has 1 aliphatic heterocycles. The molecule has 0 radical (unpaired) electrons. The average molecular weight is 242 g/mol. The van der Waals surface area contributed by atoms with Gasteiger partial charge in [-0.05, 0) is 24.6 Å². The van der Waals surface area contributed by atoms with Gasteiger partial charge in [-0.2, -0.15) is 0 Å². The second kappa shape index (κ2) is 4.72. The third-order valence-electron chi connectivity index (χ3n) is 2.40. The zero-order valence-electron chi connectivity index (χ0n) is 8.65. The van der Waals surface area contributed by atoms with Crippen molar-refractivity contribution in [3.8, 4) is 5.75 Å². The molecule has 16 heavy (non-hydrogen) atoms. The molecule has 0 atom stereocenters. The van der Waals surface area contributed by atoms with E-state index in [4.69, 9.17) is 21.4 Å². The molecule has 0 aliphatic carbocycles. The number of aliphatic hydroxyl groups is 1. The monoisotopic (exact) mass is 241 g/mol. The summed E-state index contributed by atoms with van der Waals surface area (Å²) in [5.74, 6) is 0.546. The fourth-order valence-electron chi connectivity index (χ4n) is 1.65. The van der Waals surface area contributed by atoms with Gasteiger partial charge in [-0.15, -0.1) is 0 Å². The van der Waals surface area contributed by atoms with Gasteiger partial charge in [0.15, 0.2) is 6.61 Å². The molecule has 1 aromatic rings. The van der Waals surface area contributed by atoms with Gasteiger partial charge in [0, 0.05) is 18.2 Å². The van der Waals surface area contributed by atoms with Crippen molar-refractivity contribution in [2.75, 3.05) is 24.7 Å². The second-order valence-electron chi connectivity index (χ2n) is 3.52. The third kappa shape index (κ3) is 2.13. The lowest BCUT2D eigenvalue weighted by molar-refractivity contribution is -0.121. The highest BCUT2D eigenvalue weighted by Gasteiger charge is 2.24. The molecule has 2 rings (SSSR count). The number of rotatable bonds is 3. The Morgan fingerprint density at radius 1 is 1.50 bits per heavy atom. The Morgan fingerprint density at radius 3 is 3.06 bits per heavy atom. The highest BCUT2D eigenvalue weighted by atomic mass is 35.5. The van der Waals surface area contributed by atoms with Crippen molar-refractivity contribution in [3.63, 3.8) is 0 Å². The number of aliphatic hydroxyl groups excluding tert-OH is 1. The molecular weight excluding hydrogens is 230 g/mol. The number of nitrogens with zero attached hydrogens (tertiary/aromatic N) is 1. The molecule has 0 saturated heterocycles. The molecule has 0 fully saturated rings. The van der Waals surface area contributed by atoms with E-state index in [1.54, 1.807) is 23.1 Å². The molecule has 5 heteroatoms. The summed E-state index contributed by atoms with van der Waals surface area (Å²) in [6.45, 7) is 0.576. The molecular formula is C11H12ClNO3. The third-order valence-corrected chi connectivity index (χ3v) is 2.64. The molecule has 1 amide bonds. The van der Waals surface area contributed by atoms with Crippen LogP contribution in [0, 0.1) is 0 Å². The zero-order valence-corrected chi connectivity index (χ0v) is 9.41. The summed E-state index contributed by atoms with van der Waals surface area (Å²) in [5.41, 5.74) is 0.678. The van der Waals surface area contributed by atoms with Gasteiger partial charge >= 0.3 is 0 Å². The van der Waals surface area contributed by atoms with Crippen molar-refractivity contribution >= 4 is 23.2 Å². The quantitative estimate of drug-likeness (QED) is 0.872. The van der Waals surface area contributed by atoms with Crippen LogP contribution in [0.15, 0.2) is 18.2 Å². The van der Waals surface area contributed by atoms with Crippen LogP contribution in [0.5, 0.6) is 5.75 Å². The van der Waals surface area contributed by atoms with E-state index in [1.807, 2.05) is 0 Å². The fraction of sp³-hybridized carbons (Fsp3) is 0.364. The standard InChI is InChI=1S/C11H12ClNO3/c12-8-2-3-10-9(6-8)13(4-1-5-14)11(15)7-16-10/h2-3,6,14H,1,4-5,7H2. The lowest BCUT2D eigenvalue weighted by atomic mass is 10.2. The van der Waals surface area contributed by atoms with Crippen molar-refractivity contribution in [1.82, 2.24) is 0 Å². The van der Waals surface area contributed by atoms with Gasteiger partial charge in [0.1, 0.15) is 5.75 Å². The normalized spacial score (nSPS) is 14.6. The van der Waals surface area contributed by atoms with E-state index >= 15 is 0 Å². The number of hydrogen-bond donors (Lipinski definition) is 1. The second-order valence-corrected chi connectivity index (χ2v) is 3.96. The maximum atomic E-state index is 11.7. The molecule has 0 aromatic heterocycles.